The number of rotatable bonds is 4. The van der Waals surface area contributed by atoms with Crippen LogP contribution in [-0.4, -0.2) is 12.5 Å². The van der Waals surface area contributed by atoms with Crippen molar-refractivity contribution in [3.05, 3.63) is 68.3 Å². The molecule has 0 bridgehead atoms. The van der Waals surface area contributed by atoms with Crippen LogP contribution < -0.4 is 5.32 Å². The fourth-order valence-corrected chi connectivity index (χ4v) is 2.50. The molecule has 2 aromatic carbocycles. The molecule has 0 saturated carbocycles. The van der Waals surface area contributed by atoms with Gasteiger partial charge in [0.1, 0.15) is 0 Å². The van der Waals surface area contributed by atoms with Gasteiger partial charge in [-0.15, -0.1) is 0 Å². The fraction of sp³-hybridized carbons (Fsp3) is 0.133. The Labute approximate surface area is 131 Å². The van der Waals surface area contributed by atoms with Gasteiger partial charge < -0.3 is 5.32 Å². The molecule has 2 aromatic rings. The fourth-order valence-electron chi connectivity index (χ4n) is 1.74. The first-order valence-electron chi connectivity index (χ1n) is 5.93. The SMILES string of the molecule is O=C(NCCc1cccc(Cl)c1)c1cccc(I)c1. The van der Waals surface area contributed by atoms with Crippen molar-refractivity contribution in [2.75, 3.05) is 6.54 Å². The Kier molecular flexibility index (Phi) is 5.22. The molecule has 0 aliphatic rings. The molecular formula is C15H13ClINO. The van der Waals surface area contributed by atoms with Crippen LogP contribution in [0.1, 0.15) is 15.9 Å². The normalized spacial score (nSPS) is 10.2. The number of nitrogens with one attached hydrogen (secondary N) is 1. The van der Waals surface area contributed by atoms with E-state index in [2.05, 4.69) is 27.9 Å². The van der Waals surface area contributed by atoms with Gasteiger partial charge in [0, 0.05) is 20.7 Å². The molecule has 0 fully saturated rings. The summed E-state index contributed by atoms with van der Waals surface area (Å²) in [5.41, 5.74) is 1.81. The average Bonchev–Trinajstić information content (AvgIpc) is 2.38. The van der Waals surface area contributed by atoms with Crippen molar-refractivity contribution in [3.8, 4) is 0 Å². The highest BCUT2D eigenvalue weighted by atomic mass is 127. The standard InChI is InChI=1S/C15H13ClINO/c16-13-5-1-3-11(9-13)7-8-18-15(19)12-4-2-6-14(17)10-12/h1-6,9-10H,7-8H2,(H,18,19). The van der Waals surface area contributed by atoms with E-state index in [1.54, 1.807) is 0 Å². The molecule has 2 rings (SSSR count). The van der Waals surface area contributed by atoms with Crippen molar-refractivity contribution in [3.63, 3.8) is 0 Å². The highest BCUT2D eigenvalue weighted by Gasteiger charge is 2.04. The average molecular weight is 386 g/mol. The molecule has 0 spiro atoms. The van der Waals surface area contributed by atoms with Gasteiger partial charge in [0.15, 0.2) is 0 Å². The van der Waals surface area contributed by atoms with Crippen LogP contribution >= 0.6 is 34.2 Å². The van der Waals surface area contributed by atoms with Crippen LogP contribution in [0.15, 0.2) is 48.5 Å². The van der Waals surface area contributed by atoms with Crippen molar-refractivity contribution in [1.82, 2.24) is 5.32 Å². The van der Waals surface area contributed by atoms with Crippen molar-refractivity contribution in [1.29, 1.82) is 0 Å². The molecule has 0 aliphatic heterocycles. The van der Waals surface area contributed by atoms with Gasteiger partial charge in [-0.25, -0.2) is 0 Å². The smallest absolute Gasteiger partial charge is 0.251 e. The molecular weight excluding hydrogens is 373 g/mol. The minimum absolute atomic E-state index is 0.0412. The number of amides is 1. The molecule has 19 heavy (non-hydrogen) atoms. The van der Waals surface area contributed by atoms with Gasteiger partial charge in [-0.05, 0) is 64.9 Å². The lowest BCUT2D eigenvalue weighted by molar-refractivity contribution is 0.0954. The third-order valence-electron chi connectivity index (χ3n) is 2.68. The van der Waals surface area contributed by atoms with Crippen LogP contribution in [0.5, 0.6) is 0 Å². The van der Waals surface area contributed by atoms with E-state index in [-0.39, 0.29) is 5.91 Å². The van der Waals surface area contributed by atoms with Gasteiger partial charge in [-0.3, -0.25) is 4.79 Å². The third kappa shape index (κ3) is 4.51. The Morgan fingerprint density at radius 1 is 1.16 bits per heavy atom. The number of halogens is 2. The highest BCUT2D eigenvalue weighted by Crippen LogP contribution is 2.11. The lowest BCUT2D eigenvalue weighted by Gasteiger charge is -2.06. The largest absolute Gasteiger partial charge is 0.352 e. The van der Waals surface area contributed by atoms with Crippen molar-refractivity contribution >= 4 is 40.1 Å². The first-order chi connectivity index (χ1) is 9.15. The Balaban J connectivity index is 1.87. The minimum Gasteiger partial charge on any atom is -0.352 e. The van der Waals surface area contributed by atoms with Crippen LogP contribution in [0, 0.1) is 3.57 Å². The quantitative estimate of drug-likeness (QED) is 0.794. The van der Waals surface area contributed by atoms with Crippen LogP contribution in [0.4, 0.5) is 0 Å². The molecule has 0 unspecified atom stereocenters. The molecule has 2 nitrogen and oxygen atoms in total. The number of carbonyl (C=O) groups excluding carboxylic acids is 1. The van der Waals surface area contributed by atoms with E-state index < -0.39 is 0 Å². The molecule has 0 radical (unpaired) electrons. The lowest BCUT2D eigenvalue weighted by Crippen LogP contribution is -2.25. The maximum atomic E-state index is 11.9. The Hall–Kier alpha value is -1.07. The molecule has 1 N–H and O–H groups in total. The van der Waals surface area contributed by atoms with Gasteiger partial charge in [0.2, 0.25) is 0 Å². The Morgan fingerprint density at radius 3 is 2.68 bits per heavy atom. The molecule has 0 heterocycles. The van der Waals surface area contributed by atoms with E-state index >= 15 is 0 Å². The summed E-state index contributed by atoms with van der Waals surface area (Å²) in [5.74, 6) is -0.0412. The predicted molar refractivity (Wildman–Crippen MR) is 86.6 cm³/mol. The van der Waals surface area contributed by atoms with Gasteiger partial charge in [-0.2, -0.15) is 0 Å². The molecule has 0 saturated heterocycles. The summed E-state index contributed by atoms with van der Waals surface area (Å²) < 4.78 is 1.06. The highest BCUT2D eigenvalue weighted by molar-refractivity contribution is 14.1. The van der Waals surface area contributed by atoms with Crippen LogP contribution in [0.2, 0.25) is 5.02 Å². The van der Waals surface area contributed by atoms with E-state index in [1.165, 1.54) is 0 Å². The van der Waals surface area contributed by atoms with E-state index in [4.69, 9.17) is 11.6 Å². The Bertz CT molecular complexity index is 586. The van der Waals surface area contributed by atoms with Crippen LogP contribution in [0.3, 0.4) is 0 Å². The zero-order chi connectivity index (χ0) is 13.7. The zero-order valence-electron chi connectivity index (χ0n) is 10.2. The lowest BCUT2D eigenvalue weighted by atomic mass is 10.1. The van der Waals surface area contributed by atoms with Gasteiger partial charge in [0.25, 0.3) is 5.91 Å². The monoisotopic (exact) mass is 385 g/mol. The number of hydrogen-bond donors (Lipinski definition) is 1. The van der Waals surface area contributed by atoms with Crippen LogP contribution in [0.25, 0.3) is 0 Å². The summed E-state index contributed by atoms with van der Waals surface area (Å²) in [5, 5.41) is 3.63. The molecule has 0 atom stereocenters. The first kappa shape index (κ1) is 14.3. The summed E-state index contributed by atoms with van der Waals surface area (Å²) >= 11 is 8.11. The maximum absolute atomic E-state index is 11.9. The van der Waals surface area contributed by atoms with Crippen molar-refractivity contribution < 1.29 is 4.79 Å². The summed E-state index contributed by atoms with van der Waals surface area (Å²) in [6.07, 6.45) is 0.774. The molecule has 1 amide bonds. The molecule has 0 aliphatic carbocycles. The molecule has 0 aromatic heterocycles. The Morgan fingerprint density at radius 2 is 1.95 bits per heavy atom. The first-order valence-corrected chi connectivity index (χ1v) is 7.39. The summed E-state index contributed by atoms with van der Waals surface area (Å²) in [6, 6.07) is 15.2. The van der Waals surface area contributed by atoms with E-state index in [1.807, 2.05) is 48.5 Å². The summed E-state index contributed by atoms with van der Waals surface area (Å²) in [7, 11) is 0. The van der Waals surface area contributed by atoms with Crippen molar-refractivity contribution in [2.45, 2.75) is 6.42 Å². The van der Waals surface area contributed by atoms with Crippen molar-refractivity contribution in [2.24, 2.45) is 0 Å². The predicted octanol–water partition coefficient (Wildman–Crippen LogP) is 3.92. The van der Waals surface area contributed by atoms with Gasteiger partial charge in [-0.1, -0.05) is 29.8 Å². The second kappa shape index (κ2) is 6.91. The zero-order valence-corrected chi connectivity index (χ0v) is 13.1. The number of benzene rings is 2. The molecule has 98 valence electrons. The van der Waals surface area contributed by atoms with E-state index in [9.17, 15) is 4.79 Å². The topological polar surface area (TPSA) is 29.1 Å². The third-order valence-corrected chi connectivity index (χ3v) is 3.58. The van der Waals surface area contributed by atoms with Crippen LogP contribution in [-0.2, 0) is 6.42 Å². The van der Waals surface area contributed by atoms with Gasteiger partial charge in [0.05, 0.1) is 0 Å². The number of carbonyl (C=O) groups is 1. The summed E-state index contributed by atoms with van der Waals surface area (Å²) in [4.78, 5) is 11.9. The second-order valence-electron chi connectivity index (χ2n) is 4.15. The maximum Gasteiger partial charge on any atom is 0.251 e. The molecule has 4 heteroatoms. The van der Waals surface area contributed by atoms with E-state index in [0.717, 1.165) is 20.6 Å². The van der Waals surface area contributed by atoms with E-state index in [0.29, 0.717) is 12.1 Å². The number of hydrogen-bond acceptors (Lipinski definition) is 1. The second-order valence-corrected chi connectivity index (χ2v) is 5.83. The summed E-state index contributed by atoms with van der Waals surface area (Å²) in [6.45, 7) is 0.602. The minimum atomic E-state index is -0.0412. The van der Waals surface area contributed by atoms with Gasteiger partial charge >= 0.3 is 0 Å².